The van der Waals surface area contributed by atoms with Gasteiger partial charge in [0.15, 0.2) is 0 Å². The van der Waals surface area contributed by atoms with E-state index in [1.165, 1.54) is 18.4 Å². The monoisotopic (exact) mass is 365 g/mol. The molecular weight excluding hydrogens is 342 g/mol. The molecule has 2 aliphatic rings. The highest BCUT2D eigenvalue weighted by molar-refractivity contribution is 7.10. The van der Waals surface area contributed by atoms with Gasteiger partial charge in [0.05, 0.1) is 0 Å². The van der Waals surface area contributed by atoms with Gasteiger partial charge in [-0.25, -0.2) is 4.79 Å². The lowest BCUT2D eigenvalue weighted by atomic mass is 9.94. The Kier molecular flexibility index (Phi) is 3.80. The van der Waals surface area contributed by atoms with Crippen LogP contribution in [0.15, 0.2) is 38.9 Å². The first-order valence-corrected chi connectivity index (χ1v) is 10.3. The summed E-state index contributed by atoms with van der Waals surface area (Å²) < 4.78 is 5.56. The zero-order chi connectivity index (χ0) is 17.8. The Balaban J connectivity index is 1.57. The summed E-state index contributed by atoms with van der Waals surface area (Å²) in [4.78, 5) is 16.4. The summed E-state index contributed by atoms with van der Waals surface area (Å²) in [7, 11) is 0. The Morgan fingerprint density at radius 1 is 1.23 bits per heavy atom. The van der Waals surface area contributed by atoms with E-state index >= 15 is 0 Å². The van der Waals surface area contributed by atoms with Gasteiger partial charge >= 0.3 is 5.63 Å². The Labute approximate surface area is 157 Å². The second-order valence-corrected chi connectivity index (χ2v) is 8.78. The predicted molar refractivity (Wildman–Crippen MR) is 106 cm³/mol. The summed E-state index contributed by atoms with van der Waals surface area (Å²) >= 11 is 1.90. The molecule has 2 aromatic heterocycles. The van der Waals surface area contributed by atoms with Gasteiger partial charge in [0.25, 0.3) is 0 Å². The molecule has 134 valence electrons. The van der Waals surface area contributed by atoms with Crippen LogP contribution in [0.1, 0.15) is 46.0 Å². The summed E-state index contributed by atoms with van der Waals surface area (Å²) in [6.07, 6.45) is 3.77. The van der Waals surface area contributed by atoms with E-state index in [1.807, 2.05) is 18.3 Å². The number of benzene rings is 1. The van der Waals surface area contributed by atoms with Crippen LogP contribution >= 0.6 is 11.3 Å². The van der Waals surface area contributed by atoms with E-state index < -0.39 is 0 Å². The van der Waals surface area contributed by atoms with Crippen molar-refractivity contribution in [1.82, 2.24) is 4.90 Å². The number of hydrogen-bond donors (Lipinski definition) is 0. The molecule has 1 aliphatic carbocycles. The van der Waals surface area contributed by atoms with Crippen LogP contribution in [0.5, 0.6) is 0 Å². The Hall–Kier alpha value is -1.91. The maximum atomic E-state index is 12.2. The average Bonchev–Trinajstić information content (AvgIpc) is 3.34. The Morgan fingerprint density at radius 3 is 2.88 bits per heavy atom. The molecule has 0 bridgehead atoms. The number of aryl methyl sites for hydroxylation is 2. The molecule has 0 spiro atoms. The summed E-state index contributed by atoms with van der Waals surface area (Å²) in [5.74, 6) is 0.777. The Bertz CT molecular complexity index is 1040. The second kappa shape index (κ2) is 6.07. The van der Waals surface area contributed by atoms with Crippen LogP contribution in [-0.2, 0) is 13.0 Å². The van der Waals surface area contributed by atoms with E-state index in [1.54, 1.807) is 10.9 Å². The zero-order valence-corrected chi connectivity index (χ0v) is 16.1. The minimum atomic E-state index is -0.239. The third kappa shape index (κ3) is 2.63. The number of hydrogen-bond acceptors (Lipinski definition) is 4. The third-order valence-electron chi connectivity index (χ3n) is 6.08. The van der Waals surface area contributed by atoms with Gasteiger partial charge in [0, 0.05) is 35.5 Å². The van der Waals surface area contributed by atoms with Crippen LogP contribution in [-0.4, -0.2) is 11.4 Å². The summed E-state index contributed by atoms with van der Waals surface area (Å²) in [5.41, 5.74) is 5.38. The molecule has 5 rings (SSSR count). The van der Waals surface area contributed by atoms with Crippen molar-refractivity contribution in [3.8, 4) is 0 Å². The first kappa shape index (κ1) is 16.3. The molecule has 0 N–H and O–H groups in total. The molecule has 0 unspecified atom stereocenters. The number of fused-ring (bicyclic) bond motifs is 2. The SMILES string of the molecule is Cc1ccc2c(CN3CCc4sccc4[C@H]3C3CC3)cc(=O)oc2c1C. The molecule has 4 heteroatoms. The van der Waals surface area contributed by atoms with Crippen molar-refractivity contribution < 1.29 is 4.42 Å². The van der Waals surface area contributed by atoms with Crippen LogP contribution in [0.4, 0.5) is 0 Å². The van der Waals surface area contributed by atoms with E-state index in [0.29, 0.717) is 6.04 Å². The highest BCUT2D eigenvalue weighted by Gasteiger charge is 2.39. The van der Waals surface area contributed by atoms with Gasteiger partial charge in [-0.3, -0.25) is 4.90 Å². The quantitative estimate of drug-likeness (QED) is 0.614. The smallest absolute Gasteiger partial charge is 0.336 e. The maximum absolute atomic E-state index is 12.2. The molecule has 0 saturated heterocycles. The molecule has 0 radical (unpaired) electrons. The van der Waals surface area contributed by atoms with Gasteiger partial charge < -0.3 is 4.42 Å². The lowest BCUT2D eigenvalue weighted by Gasteiger charge is -2.36. The van der Waals surface area contributed by atoms with Crippen LogP contribution in [0.25, 0.3) is 11.0 Å². The molecule has 0 amide bonds. The lowest BCUT2D eigenvalue weighted by Crippen LogP contribution is -2.35. The van der Waals surface area contributed by atoms with E-state index in [-0.39, 0.29) is 5.63 Å². The third-order valence-corrected chi connectivity index (χ3v) is 7.07. The van der Waals surface area contributed by atoms with Crippen molar-refractivity contribution in [2.45, 2.75) is 45.7 Å². The highest BCUT2D eigenvalue weighted by Crippen LogP contribution is 2.48. The fraction of sp³-hybridized carbons (Fsp3) is 0.409. The van der Waals surface area contributed by atoms with Gasteiger partial charge in [-0.05, 0) is 72.7 Å². The second-order valence-electron chi connectivity index (χ2n) is 7.78. The topological polar surface area (TPSA) is 33.5 Å². The fourth-order valence-corrected chi connectivity index (χ4v) is 5.33. The van der Waals surface area contributed by atoms with Crippen molar-refractivity contribution in [2.75, 3.05) is 6.54 Å². The van der Waals surface area contributed by atoms with Gasteiger partial charge in [-0.15, -0.1) is 11.3 Å². The van der Waals surface area contributed by atoms with E-state index in [2.05, 4.69) is 35.4 Å². The number of nitrogens with zero attached hydrogens (tertiary/aromatic N) is 1. The minimum Gasteiger partial charge on any atom is -0.422 e. The number of thiophene rings is 1. The van der Waals surface area contributed by atoms with E-state index in [9.17, 15) is 4.79 Å². The van der Waals surface area contributed by atoms with Crippen molar-refractivity contribution in [3.05, 3.63) is 67.2 Å². The summed E-state index contributed by atoms with van der Waals surface area (Å²) in [5, 5.41) is 3.32. The standard InChI is InChI=1S/C22H23NO2S/c1-13-3-6-17-16(11-20(24)25-22(17)14(13)2)12-23-9-7-19-18(8-10-26-19)21(23)15-4-5-15/h3,6,8,10-11,15,21H,4-5,7,9,12H2,1-2H3/t21-/m1/s1. The predicted octanol–water partition coefficient (Wildman–Crippen LogP) is 4.98. The molecule has 3 heterocycles. The summed E-state index contributed by atoms with van der Waals surface area (Å²) in [6, 6.07) is 8.78. The summed E-state index contributed by atoms with van der Waals surface area (Å²) in [6.45, 7) is 5.99. The van der Waals surface area contributed by atoms with Crippen molar-refractivity contribution in [3.63, 3.8) is 0 Å². The van der Waals surface area contributed by atoms with Crippen molar-refractivity contribution >= 4 is 22.3 Å². The van der Waals surface area contributed by atoms with Crippen molar-refractivity contribution in [2.24, 2.45) is 5.92 Å². The first-order valence-electron chi connectivity index (χ1n) is 9.45. The lowest BCUT2D eigenvalue weighted by molar-refractivity contribution is 0.158. The van der Waals surface area contributed by atoms with Gasteiger partial charge in [-0.1, -0.05) is 12.1 Å². The highest BCUT2D eigenvalue weighted by atomic mass is 32.1. The number of rotatable bonds is 3. The molecule has 1 fully saturated rings. The molecule has 1 aromatic carbocycles. The zero-order valence-electron chi connectivity index (χ0n) is 15.2. The van der Waals surface area contributed by atoms with Crippen LogP contribution in [0, 0.1) is 19.8 Å². The van der Waals surface area contributed by atoms with Gasteiger partial charge in [0.2, 0.25) is 0 Å². The van der Waals surface area contributed by atoms with Gasteiger partial charge in [0.1, 0.15) is 5.58 Å². The molecule has 3 aromatic rings. The molecule has 26 heavy (non-hydrogen) atoms. The molecule has 1 atom stereocenters. The molecule has 1 saturated carbocycles. The van der Waals surface area contributed by atoms with E-state index in [0.717, 1.165) is 53.1 Å². The molecule has 3 nitrogen and oxygen atoms in total. The fourth-order valence-electron chi connectivity index (χ4n) is 4.41. The van der Waals surface area contributed by atoms with Crippen LogP contribution in [0.3, 0.4) is 0 Å². The molecule has 1 aliphatic heterocycles. The Morgan fingerprint density at radius 2 is 2.08 bits per heavy atom. The van der Waals surface area contributed by atoms with Gasteiger partial charge in [-0.2, -0.15) is 0 Å². The molecular formula is C22H23NO2S. The first-order chi connectivity index (χ1) is 12.6. The van der Waals surface area contributed by atoms with Crippen LogP contribution < -0.4 is 5.63 Å². The van der Waals surface area contributed by atoms with Crippen LogP contribution in [0.2, 0.25) is 0 Å². The minimum absolute atomic E-state index is 0.239. The largest absolute Gasteiger partial charge is 0.422 e. The van der Waals surface area contributed by atoms with E-state index in [4.69, 9.17) is 4.42 Å². The maximum Gasteiger partial charge on any atom is 0.336 e. The normalized spacial score (nSPS) is 20.5. The van der Waals surface area contributed by atoms with Crippen molar-refractivity contribution in [1.29, 1.82) is 0 Å². The average molecular weight is 365 g/mol.